The van der Waals surface area contributed by atoms with E-state index in [4.69, 9.17) is 5.11 Å². The highest BCUT2D eigenvalue weighted by atomic mass is 16.3. The molecule has 0 rings (SSSR count). The van der Waals surface area contributed by atoms with Crippen molar-refractivity contribution in [3.05, 3.63) is 6.73 Å². The van der Waals surface area contributed by atoms with Crippen LogP contribution in [0.3, 0.4) is 0 Å². The molecule has 0 aromatic rings. The van der Waals surface area contributed by atoms with Gasteiger partial charge in [-0.3, -0.25) is 5.32 Å². The SMILES string of the molecule is CCN[C]O. The maximum absolute atomic E-state index is 7.71. The van der Waals surface area contributed by atoms with Crippen LogP contribution in [-0.2, 0) is 0 Å². The zero-order valence-corrected chi connectivity index (χ0v) is 3.15. The zero-order chi connectivity index (χ0) is 4.12. The molecule has 0 atom stereocenters. The highest BCUT2D eigenvalue weighted by Crippen LogP contribution is 1.50. The lowest BCUT2D eigenvalue weighted by Gasteiger charge is -1.82. The third-order valence-corrected chi connectivity index (χ3v) is 0.256. The van der Waals surface area contributed by atoms with Gasteiger partial charge < -0.3 is 5.11 Å². The predicted molar refractivity (Wildman–Crippen MR) is 18.9 cm³/mol. The summed E-state index contributed by atoms with van der Waals surface area (Å²) in [6.45, 7) is 4.38. The first-order valence-electron chi connectivity index (χ1n) is 1.53. The van der Waals surface area contributed by atoms with Gasteiger partial charge in [-0.1, -0.05) is 6.92 Å². The molecule has 30 valence electrons. The number of hydrogen-bond acceptors (Lipinski definition) is 2. The Hall–Kier alpha value is -0.0800. The minimum absolute atomic E-state index is 0.733. The van der Waals surface area contributed by atoms with E-state index in [1.807, 2.05) is 6.92 Å². The third-order valence-electron chi connectivity index (χ3n) is 0.256. The second kappa shape index (κ2) is 3.92. The summed E-state index contributed by atoms with van der Waals surface area (Å²) in [7, 11) is 0. The second-order valence-electron chi connectivity index (χ2n) is 0.642. The Balaban J connectivity index is 2.19. The molecule has 0 saturated heterocycles. The Kier molecular flexibility index (Phi) is 3.86. The number of aliphatic hydroxyl groups excluding tert-OH is 1. The van der Waals surface area contributed by atoms with Gasteiger partial charge in [0.15, 0.2) is 0 Å². The van der Waals surface area contributed by atoms with Crippen molar-refractivity contribution in [2.24, 2.45) is 0 Å². The van der Waals surface area contributed by atoms with Crippen LogP contribution in [0.25, 0.3) is 0 Å². The van der Waals surface area contributed by atoms with Crippen LogP contribution in [0.5, 0.6) is 0 Å². The summed E-state index contributed by atoms with van der Waals surface area (Å²) in [5, 5.41) is 10.1. The molecular formula is C3H7NO. The van der Waals surface area contributed by atoms with Gasteiger partial charge in [0.2, 0.25) is 6.73 Å². The van der Waals surface area contributed by atoms with Gasteiger partial charge in [-0.15, -0.1) is 0 Å². The maximum Gasteiger partial charge on any atom is 0.211 e. The monoisotopic (exact) mass is 73.1 g/mol. The molecule has 0 aromatic carbocycles. The molecule has 0 aliphatic carbocycles. The number of nitrogens with one attached hydrogen (secondary N) is 1. The summed E-state index contributed by atoms with van der Waals surface area (Å²) in [5.41, 5.74) is 0. The van der Waals surface area contributed by atoms with E-state index in [0.29, 0.717) is 0 Å². The molecular weight excluding hydrogens is 66.0 g/mol. The predicted octanol–water partition coefficient (Wildman–Crippen LogP) is -0.0353. The van der Waals surface area contributed by atoms with Gasteiger partial charge >= 0.3 is 0 Å². The molecule has 2 N–H and O–H groups in total. The average Bonchev–Trinajstić information content (AvgIpc) is 1.41. The molecule has 0 unspecified atom stereocenters. The second-order valence-corrected chi connectivity index (χ2v) is 0.642. The van der Waals surface area contributed by atoms with E-state index in [-0.39, 0.29) is 0 Å². The molecule has 2 nitrogen and oxygen atoms in total. The largest absolute Gasteiger partial charge is 0.368 e. The van der Waals surface area contributed by atoms with Crippen molar-refractivity contribution in [1.29, 1.82) is 0 Å². The zero-order valence-electron chi connectivity index (χ0n) is 3.15. The first-order chi connectivity index (χ1) is 2.41. The third kappa shape index (κ3) is 3.92. The average molecular weight is 73.1 g/mol. The Morgan fingerprint density at radius 2 is 2.60 bits per heavy atom. The molecule has 0 heterocycles. The van der Waals surface area contributed by atoms with E-state index < -0.39 is 0 Å². The van der Waals surface area contributed by atoms with Gasteiger partial charge in [0.1, 0.15) is 0 Å². The van der Waals surface area contributed by atoms with E-state index in [2.05, 4.69) is 5.32 Å². The van der Waals surface area contributed by atoms with Crippen LogP contribution in [0.1, 0.15) is 6.92 Å². The highest BCUT2D eigenvalue weighted by molar-refractivity contribution is 4.35. The lowest BCUT2D eigenvalue weighted by molar-refractivity contribution is 0.353. The molecule has 0 fully saturated rings. The molecule has 0 aliphatic heterocycles. The Morgan fingerprint density at radius 1 is 2.00 bits per heavy atom. The molecule has 0 amide bonds. The van der Waals surface area contributed by atoms with E-state index in [1.165, 1.54) is 0 Å². The van der Waals surface area contributed by atoms with Crippen molar-refractivity contribution in [2.75, 3.05) is 6.54 Å². The minimum atomic E-state index is 0.733. The first-order valence-corrected chi connectivity index (χ1v) is 1.53. The van der Waals surface area contributed by atoms with Crippen molar-refractivity contribution in [1.82, 2.24) is 5.32 Å². The summed E-state index contributed by atoms with van der Waals surface area (Å²) in [5.74, 6) is 0. The highest BCUT2D eigenvalue weighted by Gasteiger charge is 1.67. The van der Waals surface area contributed by atoms with Gasteiger partial charge in [0.05, 0.1) is 0 Å². The van der Waals surface area contributed by atoms with Crippen LogP contribution in [0.4, 0.5) is 0 Å². The van der Waals surface area contributed by atoms with E-state index in [0.717, 1.165) is 6.54 Å². The lowest BCUT2D eigenvalue weighted by Crippen LogP contribution is -2.06. The Bertz CT molecular complexity index is 14.4. The van der Waals surface area contributed by atoms with E-state index in [1.54, 1.807) is 6.73 Å². The van der Waals surface area contributed by atoms with Gasteiger partial charge in [-0.2, -0.15) is 0 Å². The molecule has 2 heteroatoms. The lowest BCUT2D eigenvalue weighted by atomic mass is 10.8. The number of aliphatic hydroxyl groups is 1. The van der Waals surface area contributed by atoms with Crippen LogP contribution < -0.4 is 5.32 Å². The van der Waals surface area contributed by atoms with Crippen LogP contribution >= 0.6 is 0 Å². The smallest absolute Gasteiger partial charge is 0.211 e. The summed E-state index contributed by atoms with van der Waals surface area (Å²) in [6.07, 6.45) is 0. The van der Waals surface area contributed by atoms with Crippen LogP contribution in [-0.4, -0.2) is 11.7 Å². The molecule has 0 saturated carbocycles. The Morgan fingerprint density at radius 3 is 2.60 bits per heavy atom. The quantitative estimate of drug-likeness (QED) is 0.450. The van der Waals surface area contributed by atoms with Crippen LogP contribution in [0.2, 0.25) is 0 Å². The van der Waals surface area contributed by atoms with Crippen LogP contribution in [0, 0.1) is 6.73 Å². The van der Waals surface area contributed by atoms with E-state index >= 15 is 0 Å². The standard InChI is InChI=1S/C3H7NO/c1-2-4-3-5/h4-5H,2H2,1H3. The Labute approximate surface area is 31.8 Å². The maximum atomic E-state index is 7.71. The van der Waals surface area contributed by atoms with Gasteiger partial charge in [-0.05, 0) is 6.54 Å². The number of rotatable bonds is 2. The fraction of sp³-hybridized carbons (Fsp3) is 0.667. The summed E-state index contributed by atoms with van der Waals surface area (Å²) < 4.78 is 0. The first kappa shape index (κ1) is 4.92. The van der Waals surface area contributed by atoms with Crippen molar-refractivity contribution in [3.8, 4) is 0 Å². The number of hydrogen-bond donors (Lipinski definition) is 2. The van der Waals surface area contributed by atoms with Crippen molar-refractivity contribution < 1.29 is 5.11 Å². The molecule has 0 bridgehead atoms. The minimum Gasteiger partial charge on any atom is -0.368 e. The molecule has 2 radical (unpaired) electrons. The summed E-state index contributed by atoms with van der Waals surface area (Å²) >= 11 is 0. The van der Waals surface area contributed by atoms with Gasteiger partial charge in [0.25, 0.3) is 0 Å². The molecule has 0 spiro atoms. The van der Waals surface area contributed by atoms with Crippen molar-refractivity contribution in [3.63, 3.8) is 0 Å². The summed E-state index contributed by atoms with van der Waals surface area (Å²) in [6, 6.07) is 0. The fourth-order valence-electron chi connectivity index (χ4n) is 0.0791. The molecule has 0 aromatic heterocycles. The van der Waals surface area contributed by atoms with Crippen molar-refractivity contribution >= 4 is 0 Å². The summed E-state index contributed by atoms with van der Waals surface area (Å²) in [4.78, 5) is 0. The normalized spacial score (nSPS) is 8.40. The topological polar surface area (TPSA) is 32.3 Å². The van der Waals surface area contributed by atoms with Gasteiger partial charge in [0, 0.05) is 0 Å². The molecule has 5 heavy (non-hydrogen) atoms. The fourth-order valence-corrected chi connectivity index (χ4v) is 0.0791. The van der Waals surface area contributed by atoms with Crippen LogP contribution in [0.15, 0.2) is 0 Å². The van der Waals surface area contributed by atoms with Gasteiger partial charge in [-0.25, -0.2) is 0 Å². The molecule has 0 aliphatic rings. The van der Waals surface area contributed by atoms with E-state index in [9.17, 15) is 0 Å². The van der Waals surface area contributed by atoms with Crippen molar-refractivity contribution in [2.45, 2.75) is 6.92 Å².